The topological polar surface area (TPSA) is 54.4 Å². The van der Waals surface area contributed by atoms with E-state index in [1.54, 1.807) is 13.8 Å². The molecule has 0 radical (unpaired) electrons. The van der Waals surface area contributed by atoms with Crippen LogP contribution in [0.1, 0.15) is 40.5 Å². The van der Waals surface area contributed by atoms with Crippen molar-refractivity contribution in [2.75, 3.05) is 5.75 Å². The fourth-order valence-corrected chi connectivity index (χ4v) is 5.30. The van der Waals surface area contributed by atoms with Gasteiger partial charge in [0, 0.05) is 5.75 Å². The first kappa shape index (κ1) is 12.4. The van der Waals surface area contributed by atoms with E-state index in [-0.39, 0.29) is 11.2 Å². The van der Waals surface area contributed by atoms with Gasteiger partial charge in [0.1, 0.15) is 0 Å². The molecule has 1 N–H and O–H groups in total. The van der Waals surface area contributed by atoms with Gasteiger partial charge in [0.15, 0.2) is 9.84 Å². The molecule has 0 amide bonds. The third-order valence-corrected chi connectivity index (χ3v) is 7.29. The Balaban J connectivity index is 2.28. The van der Waals surface area contributed by atoms with Crippen LogP contribution in [-0.4, -0.2) is 30.1 Å². The van der Waals surface area contributed by atoms with Crippen molar-refractivity contribution in [3.05, 3.63) is 0 Å². The Kier molecular flexibility index (Phi) is 2.49. The smallest absolute Gasteiger partial charge is 0.155 e. The third kappa shape index (κ3) is 1.61. The second-order valence-corrected chi connectivity index (χ2v) is 8.74. The Morgan fingerprint density at radius 2 is 1.81 bits per heavy atom. The molecule has 4 atom stereocenters. The van der Waals surface area contributed by atoms with Gasteiger partial charge in [-0.25, -0.2) is 8.42 Å². The normalized spacial score (nSPS) is 46.2. The molecule has 0 unspecified atom stereocenters. The lowest BCUT2D eigenvalue weighted by atomic mass is 9.86. The molecule has 0 aliphatic heterocycles. The molecular formula is C12H22O3S. The van der Waals surface area contributed by atoms with Crippen molar-refractivity contribution in [3.63, 3.8) is 0 Å². The molecule has 0 aromatic rings. The Labute approximate surface area is 98.2 Å². The minimum Gasteiger partial charge on any atom is -0.389 e. The van der Waals surface area contributed by atoms with E-state index in [9.17, 15) is 13.5 Å². The first-order valence-electron chi connectivity index (χ1n) is 6.07. The van der Waals surface area contributed by atoms with E-state index >= 15 is 0 Å². The van der Waals surface area contributed by atoms with Gasteiger partial charge in [-0.2, -0.15) is 0 Å². The van der Waals surface area contributed by atoms with E-state index in [1.165, 1.54) is 0 Å². The predicted octanol–water partition coefficient (Wildman–Crippen LogP) is 1.61. The van der Waals surface area contributed by atoms with Gasteiger partial charge in [0.25, 0.3) is 0 Å². The Morgan fingerprint density at radius 3 is 2.31 bits per heavy atom. The molecule has 2 saturated carbocycles. The zero-order valence-corrected chi connectivity index (χ0v) is 11.3. The SMILES string of the molecule is CCS(=O)(=O)[C@H]1C[C@@H]2[C@H](C[C@]1(C)O)C2(C)C. The zero-order valence-electron chi connectivity index (χ0n) is 10.5. The number of hydrogen-bond acceptors (Lipinski definition) is 3. The first-order chi connectivity index (χ1) is 7.13. The van der Waals surface area contributed by atoms with Gasteiger partial charge < -0.3 is 5.11 Å². The third-order valence-electron chi connectivity index (χ3n) is 4.92. The fourth-order valence-electron chi connectivity index (χ4n) is 3.53. The van der Waals surface area contributed by atoms with Gasteiger partial charge in [-0.05, 0) is 37.0 Å². The first-order valence-corrected chi connectivity index (χ1v) is 7.78. The van der Waals surface area contributed by atoms with Crippen molar-refractivity contribution in [1.82, 2.24) is 0 Å². The van der Waals surface area contributed by atoms with E-state index in [1.807, 2.05) is 0 Å². The lowest BCUT2D eigenvalue weighted by Gasteiger charge is -2.35. The maximum Gasteiger partial charge on any atom is 0.155 e. The van der Waals surface area contributed by atoms with Crippen molar-refractivity contribution in [1.29, 1.82) is 0 Å². The van der Waals surface area contributed by atoms with E-state index < -0.39 is 20.7 Å². The van der Waals surface area contributed by atoms with Crippen LogP contribution in [0.2, 0.25) is 0 Å². The summed E-state index contributed by atoms with van der Waals surface area (Å²) < 4.78 is 24.0. The Bertz CT molecular complexity index is 394. The van der Waals surface area contributed by atoms with Crippen molar-refractivity contribution >= 4 is 9.84 Å². The summed E-state index contributed by atoms with van der Waals surface area (Å²) >= 11 is 0. The summed E-state index contributed by atoms with van der Waals surface area (Å²) in [7, 11) is -3.14. The van der Waals surface area contributed by atoms with Crippen LogP contribution in [-0.2, 0) is 9.84 Å². The molecule has 0 aromatic heterocycles. The summed E-state index contributed by atoms with van der Waals surface area (Å²) in [5, 5.41) is 9.79. The molecular weight excluding hydrogens is 224 g/mol. The van der Waals surface area contributed by atoms with E-state index in [0.717, 1.165) is 0 Å². The second-order valence-electron chi connectivity index (χ2n) is 6.27. The summed E-state index contributed by atoms with van der Waals surface area (Å²) in [6, 6.07) is 0. The quantitative estimate of drug-likeness (QED) is 0.805. The highest BCUT2D eigenvalue weighted by molar-refractivity contribution is 7.92. The molecule has 0 spiro atoms. The molecule has 0 saturated heterocycles. The highest BCUT2D eigenvalue weighted by Gasteiger charge is 2.65. The van der Waals surface area contributed by atoms with Crippen molar-refractivity contribution in [2.24, 2.45) is 17.3 Å². The largest absolute Gasteiger partial charge is 0.389 e. The average molecular weight is 246 g/mol. The van der Waals surface area contributed by atoms with Crippen molar-refractivity contribution < 1.29 is 13.5 Å². The number of hydrogen-bond donors (Lipinski definition) is 1. The fraction of sp³-hybridized carbons (Fsp3) is 1.00. The van der Waals surface area contributed by atoms with Gasteiger partial charge in [-0.15, -0.1) is 0 Å². The van der Waals surface area contributed by atoms with Gasteiger partial charge in [-0.3, -0.25) is 0 Å². The molecule has 4 heteroatoms. The monoisotopic (exact) mass is 246 g/mol. The van der Waals surface area contributed by atoms with E-state index in [2.05, 4.69) is 13.8 Å². The van der Waals surface area contributed by atoms with Crippen LogP contribution in [0, 0.1) is 17.3 Å². The predicted molar refractivity (Wildman–Crippen MR) is 63.9 cm³/mol. The van der Waals surface area contributed by atoms with Crippen LogP contribution < -0.4 is 0 Å². The summed E-state index contributed by atoms with van der Waals surface area (Å²) in [4.78, 5) is 0. The highest BCUT2D eigenvalue weighted by atomic mass is 32.2. The highest BCUT2D eigenvalue weighted by Crippen LogP contribution is 2.67. The van der Waals surface area contributed by atoms with Crippen LogP contribution >= 0.6 is 0 Å². The van der Waals surface area contributed by atoms with Crippen LogP contribution in [0.25, 0.3) is 0 Å². The van der Waals surface area contributed by atoms with E-state index in [0.29, 0.717) is 24.7 Å². The summed E-state index contributed by atoms with van der Waals surface area (Å²) in [6.07, 6.45) is 1.27. The minimum absolute atomic E-state index is 0.131. The molecule has 2 fully saturated rings. The maximum absolute atomic E-state index is 12.0. The number of aliphatic hydroxyl groups is 1. The van der Waals surface area contributed by atoms with Crippen LogP contribution in [0.3, 0.4) is 0 Å². The number of fused-ring (bicyclic) bond motifs is 1. The summed E-state index contributed by atoms with van der Waals surface area (Å²) in [6.45, 7) is 7.71. The molecule has 0 bridgehead atoms. The molecule has 2 aliphatic carbocycles. The molecule has 3 nitrogen and oxygen atoms in total. The van der Waals surface area contributed by atoms with Gasteiger partial charge in [0.05, 0.1) is 10.9 Å². The van der Waals surface area contributed by atoms with Crippen molar-refractivity contribution in [2.45, 2.75) is 51.4 Å². The summed E-state index contributed by atoms with van der Waals surface area (Å²) in [5.41, 5.74) is -0.814. The zero-order chi connectivity index (χ0) is 12.4. The van der Waals surface area contributed by atoms with Crippen LogP contribution in [0.4, 0.5) is 0 Å². The molecule has 2 aliphatic rings. The van der Waals surface area contributed by atoms with Crippen molar-refractivity contribution in [3.8, 4) is 0 Å². The van der Waals surface area contributed by atoms with Crippen LogP contribution in [0.5, 0.6) is 0 Å². The molecule has 94 valence electrons. The average Bonchev–Trinajstić information content (AvgIpc) is 2.64. The van der Waals surface area contributed by atoms with Gasteiger partial charge >= 0.3 is 0 Å². The Morgan fingerprint density at radius 1 is 1.25 bits per heavy atom. The molecule has 0 heterocycles. The van der Waals surface area contributed by atoms with Gasteiger partial charge in [0.2, 0.25) is 0 Å². The Hall–Kier alpha value is -0.0900. The maximum atomic E-state index is 12.0. The van der Waals surface area contributed by atoms with Crippen LogP contribution in [0.15, 0.2) is 0 Å². The second kappa shape index (κ2) is 3.22. The molecule has 16 heavy (non-hydrogen) atoms. The number of rotatable bonds is 2. The lowest BCUT2D eigenvalue weighted by molar-refractivity contribution is 0.0217. The van der Waals surface area contributed by atoms with E-state index in [4.69, 9.17) is 0 Å². The standard InChI is InChI=1S/C12H22O3S/c1-5-16(14,15)10-6-8-9(11(8,2)3)7-12(10,4)13/h8-10,13H,5-7H2,1-4H3/t8-,9+,10+,12+/m1/s1. The molecule has 0 aromatic carbocycles. The molecule has 2 rings (SSSR count). The summed E-state index contributed by atoms with van der Waals surface area (Å²) in [5.74, 6) is 1.12. The van der Waals surface area contributed by atoms with Gasteiger partial charge in [-0.1, -0.05) is 20.8 Å². The minimum atomic E-state index is -3.14. The lowest BCUT2D eigenvalue weighted by Crippen LogP contribution is -2.48. The number of sulfone groups is 1.